The van der Waals surface area contributed by atoms with E-state index in [-0.39, 0.29) is 12.3 Å². The summed E-state index contributed by atoms with van der Waals surface area (Å²) in [6.45, 7) is 0.370. The third kappa shape index (κ3) is 4.96. The molecule has 5 N–H and O–H groups in total. The molecule has 9 heteroatoms. The zero-order valence-electron chi connectivity index (χ0n) is 17.0. The maximum absolute atomic E-state index is 13.3. The van der Waals surface area contributed by atoms with Crippen LogP contribution in [0.25, 0.3) is 10.9 Å². The number of nitrogens with two attached hydrogens (primary N) is 1. The lowest BCUT2D eigenvalue weighted by Gasteiger charge is -2.28. The van der Waals surface area contributed by atoms with E-state index in [1.54, 1.807) is 11.8 Å². The van der Waals surface area contributed by atoms with Crippen LogP contribution < -0.4 is 11.1 Å². The zero-order chi connectivity index (χ0) is 21.7. The number of rotatable bonds is 9. The van der Waals surface area contributed by atoms with Gasteiger partial charge in [-0.3, -0.25) is 9.59 Å². The Kier molecular flexibility index (Phi) is 7.38. The molecule has 0 unspecified atom stereocenters. The lowest BCUT2D eigenvalue weighted by molar-refractivity contribution is -0.149. The van der Waals surface area contributed by atoms with E-state index in [1.807, 2.05) is 36.7 Å². The van der Waals surface area contributed by atoms with Crippen molar-refractivity contribution in [2.75, 3.05) is 18.6 Å². The molecule has 0 aliphatic carbocycles. The summed E-state index contributed by atoms with van der Waals surface area (Å²) in [6, 6.07) is 5.26. The van der Waals surface area contributed by atoms with Crippen molar-refractivity contribution >= 4 is 40.4 Å². The Morgan fingerprint density at radius 3 is 2.87 bits per heavy atom. The van der Waals surface area contributed by atoms with E-state index in [0.29, 0.717) is 25.8 Å². The monoisotopic (exact) mass is 432 g/mol. The number of hydrogen-bond acceptors (Lipinski definition) is 5. The zero-order valence-corrected chi connectivity index (χ0v) is 17.8. The molecule has 3 rings (SSSR count). The van der Waals surface area contributed by atoms with Crippen molar-refractivity contribution in [2.45, 2.75) is 43.8 Å². The molecule has 8 nitrogen and oxygen atoms in total. The molecule has 2 amide bonds. The molecule has 1 fully saturated rings. The van der Waals surface area contributed by atoms with Crippen LogP contribution in [-0.4, -0.2) is 69.5 Å². The van der Waals surface area contributed by atoms with Crippen LogP contribution in [-0.2, 0) is 20.8 Å². The number of para-hydroxylation sites is 1. The van der Waals surface area contributed by atoms with E-state index in [2.05, 4.69) is 10.3 Å². The second-order valence-corrected chi connectivity index (χ2v) is 8.53. The highest BCUT2D eigenvalue weighted by Crippen LogP contribution is 2.23. The Hall–Kier alpha value is -2.52. The Morgan fingerprint density at radius 1 is 1.37 bits per heavy atom. The molecule has 162 valence electrons. The number of hydrogen-bond donors (Lipinski definition) is 4. The van der Waals surface area contributed by atoms with Gasteiger partial charge >= 0.3 is 5.97 Å². The van der Waals surface area contributed by atoms with Crippen LogP contribution in [0.2, 0.25) is 0 Å². The predicted molar refractivity (Wildman–Crippen MR) is 117 cm³/mol. The van der Waals surface area contributed by atoms with E-state index in [0.717, 1.165) is 22.2 Å². The highest BCUT2D eigenvalue weighted by Gasteiger charge is 2.38. The predicted octanol–water partition coefficient (Wildman–Crippen LogP) is 1.35. The number of likely N-dealkylation sites (tertiary alicyclic amines) is 1. The first kappa shape index (κ1) is 22.2. The summed E-state index contributed by atoms with van der Waals surface area (Å²) in [7, 11) is 0. The number of amides is 2. The van der Waals surface area contributed by atoms with E-state index in [9.17, 15) is 19.5 Å². The normalized spacial score (nSPS) is 18.3. The van der Waals surface area contributed by atoms with E-state index in [1.165, 1.54) is 4.90 Å². The number of aromatic amines is 1. The highest BCUT2D eigenvalue weighted by molar-refractivity contribution is 7.98. The molecule has 1 aromatic heterocycles. The van der Waals surface area contributed by atoms with Gasteiger partial charge in [-0.05, 0) is 42.9 Å². The lowest BCUT2D eigenvalue weighted by atomic mass is 10.0. The lowest BCUT2D eigenvalue weighted by Crippen LogP contribution is -2.55. The molecule has 0 bridgehead atoms. The molecule has 30 heavy (non-hydrogen) atoms. The number of carbonyl (C=O) groups is 3. The first-order valence-electron chi connectivity index (χ1n) is 10.1. The van der Waals surface area contributed by atoms with E-state index < -0.39 is 30.0 Å². The van der Waals surface area contributed by atoms with Gasteiger partial charge in [0, 0.05) is 30.1 Å². The van der Waals surface area contributed by atoms with Crippen LogP contribution in [0.5, 0.6) is 0 Å². The summed E-state index contributed by atoms with van der Waals surface area (Å²) >= 11 is 1.60. The van der Waals surface area contributed by atoms with Crippen molar-refractivity contribution in [3.8, 4) is 0 Å². The topological polar surface area (TPSA) is 129 Å². The van der Waals surface area contributed by atoms with Crippen molar-refractivity contribution in [3.63, 3.8) is 0 Å². The van der Waals surface area contributed by atoms with Crippen LogP contribution in [0.4, 0.5) is 0 Å². The molecule has 1 aliphatic heterocycles. The number of carboxylic acid groups (broad SMARTS) is 1. The van der Waals surface area contributed by atoms with Gasteiger partial charge in [-0.15, -0.1) is 0 Å². The van der Waals surface area contributed by atoms with Gasteiger partial charge in [-0.25, -0.2) is 4.79 Å². The van der Waals surface area contributed by atoms with Gasteiger partial charge in [0.1, 0.15) is 12.1 Å². The van der Waals surface area contributed by atoms with Gasteiger partial charge in [0.2, 0.25) is 11.8 Å². The molecule has 3 atom stereocenters. The first-order valence-corrected chi connectivity index (χ1v) is 11.4. The van der Waals surface area contributed by atoms with Gasteiger partial charge < -0.3 is 26.0 Å². The van der Waals surface area contributed by atoms with Crippen molar-refractivity contribution in [1.82, 2.24) is 15.2 Å². The van der Waals surface area contributed by atoms with Crippen LogP contribution in [0.3, 0.4) is 0 Å². The molecule has 0 saturated carbocycles. The average molecular weight is 433 g/mol. The Bertz CT molecular complexity index is 915. The fourth-order valence-corrected chi connectivity index (χ4v) is 4.35. The second kappa shape index (κ2) is 9.99. The van der Waals surface area contributed by atoms with Crippen LogP contribution in [0.15, 0.2) is 30.5 Å². The number of carboxylic acids is 1. The summed E-state index contributed by atoms with van der Waals surface area (Å²) in [4.78, 5) is 42.0. The first-order chi connectivity index (χ1) is 14.4. The second-order valence-electron chi connectivity index (χ2n) is 7.54. The third-order valence-electron chi connectivity index (χ3n) is 5.50. The number of H-pyrrole nitrogens is 1. The smallest absolute Gasteiger partial charge is 0.326 e. The van der Waals surface area contributed by atoms with Gasteiger partial charge in [0.05, 0.1) is 6.04 Å². The van der Waals surface area contributed by atoms with E-state index in [4.69, 9.17) is 5.73 Å². The van der Waals surface area contributed by atoms with Gasteiger partial charge in [0.15, 0.2) is 0 Å². The number of nitrogens with zero attached hydrogens (tertiary/aromatic N) is 1. The molecular formula is C21H28N4O4S. The van der Waals surface area contributed by atoms with Crippen LogP contribution in [0, 0.1) is 0 Å². The molecule has 1 aromatic carbocycles. The van der Waals surface area contributed by atoms with Crippen LogP contribution in [0.1, 0.15) is 24.8 Å². The molecule has 1 aliphatic rings. The highest BCUT2D eigenvalue weighted by atomic mass is 32.2. The van der Waals surface area contributed by atoms with Crippen molar-refractivity contribution in [3.05, 3.63) is 36.0 Å². The maximum atomic E-state index is 13.3. The Balaban J connectivity index is 1.83. The molecule has 0 spiro atoms. The van der Waals surface area contributed by atoms with Crippen molar-refractivity contribution in [2.24, 2.45) is 5.73 Å². The number of carbonyl (C=O) groups excluding carboxylic acids is 2. The van der Waals surface area contributed by atoms with Crippen molar-refractivity contribution in [1.29, 1.82) is 0 Å². The number of fused-ring (bicyclic) bond motifs is 1. The summed E-state index contributed by atoms with van der Waals surface area (Å²) in [5.74, 6) is -1.05. The standard InChI is InChI=1S/C21H28N4O4S/c1-30-10-8-15(22)19(26)24-17(20(27)25-9-4-7-18(25)21(28)29)11-13-12-23-16-6-3-2-5-14(13)16/h2-3,5-6,12,15,17-18,23H,4,7-11,22H2,1H3,(H,24,26)(H,28,29)/t15-,17-,18-/m0/s1. The summed E-state index contributed by atoms with van der Waals surface area (Å²) in [5.41, 5.74) is 7.81. The number of aromatic nitrogens is 1. The number of aliphatic carboxylic acids is 1. The van der Waals surface area contributed by atoms with Gasteiger partial charge in [0.25, 0.3) is 0 Å². The van der Waals surface area contributed by atoms with Gasteiger partial charge in [-0.1, -0.05) is 18.2 Å². The minimum Gasteiger partial charge on any atom is -0.480 e. The molecule has 2 aromatic rings. The third-order valence-corrected chi connectivity index (χ3v) is 6.15. The SMILES string of the molecule is CSCC[C@H](N)C(=O)N[C@@H](Cc1c[nH]c2ccccc12)C(=O)N1CCC[C@H]1C(=O)O. The Morgan fingerprint density at radius 2 is 2.13 bits per heavy atom. The number of thioether (sulfide) groups is 1. The fraction of sp³-hybridized carbons (Fsp3) is 0.476. The molecular weight excluding hydrogens is 404 g/mol. The maximum Gasteiger partial charge on any atom is 0.326 e. The fourth-order valence-electron chi connectivity index (χ4n) is 3.86. The molecule has 0 radical (unpaired) electrons. The van der Waals surface area contributed by atoms with Crippen LogP contribution >= 0.6 is 11.8 Å². The largest absolute Gasteiger partial charge is 0.480 e. The summed E-state index contributed by atoms with van der Waals surface area (Å²) < 4.78 is 0. The molecule has 1 saturated heterocycles. The van der Waals surface area contributed by atoms with Gasteiger partial charge in [-0.2, -0.15) is 11.8 Å². The average Bonchev–Trinajstić information content (AvgIpc) is 3.38. The minimum atomic E-state index is -1.02. The summed E-state index contributed by atoms with van der Waals surface area (Å²) in [6.07, 6.45) is 5.57. The number of nitrogens with one attached hydrogen (secondary N) is 2. The number of benzene rings is 1. The molecule has 2 heterocycles. The minimum absolute atomic E-state index is 0.257. The summed E-state index contributed by atoms with van der Waals surface area (Å²) in [5, 5.41) is 13.2. The van der Waals surface area contributed by atoms with E-state index >= 15 is 0 Å². The van der Waals surface area contributed by atoms with Crippen molar-refractivity contribution < 1.29 is 19.5 Å². The quantitative estimate of drug-likeness (QED) is 0.473. The Labute approximate surface area is 179 Å².